The Balaban J connectivity index is 2.64. The van der Waals surface area contributed by atoms with Crippen molar-refractivity contribution in [3.8, 4) is 5.75 Å². The van der Waals surface area contributed by atoms with Crippen molar-refractivity contribution in [3.63, 3.8) is 0 Å². The van der Waals surface area contributed by atoms with Crippen molar-refractivity contribution in [1.82, 2.24) is 5.32 Å². The Morgan fingerprint density at radius 3 is 2.72 bits per heavy atom. The highest BCUT2D eigenvalue weighted by Gasteiger charge is 2.10. The molecule has 1 unspecified atom stereocenters. The minimum absolute atomic E-state index is 0.0826. The largest absolute Gasteiger partial charge is 0.434 e. The van der Waals surface area contributed by atoms with Gasteiger partial charge in [0.15, 0.2) is 0 Å². The molecule has 0 heterocycles. The zero-order valence-electron chi connectivity index (χ0n) is 9.44. The summed E-state index contributed by atoms with van der Waals surface area (Å²) in [4.78, 5) is 0. The summed E-state index contributed by atoms with van der Waals surface area (Å²) in [5.41, 5.74) is 0.537. The SMILES string of the molecule is OCC(O)CNCc1cc(Br)ccc1OC(F)F. The van der Waals surface area contributed by atoms with Crippen molar-refractivity contribution >= 4 is 15.9 Å². The van der Waals surface area contributed by atoms with Gasteiger partial charge in [0.1, 0.15) is 5.75 Å². The van der Waals surface area contributed by atoms with Gasteiger partial charge in [-0.15, -0.1) is 0 Å². The minimum Gasteiger partial charge on any atom is -0.434 e. The molecule has 0 amide bonds. The van der Waals surface area contributed by atoms with Crippen LogP contribution in [0.3, 0.4) is 0 Å². The maximum absolute atomic E-state index is 12.2. The predicted octanol–water partition coefficient (Wildman–Crippen LogP) is 1.49. The minimum atomic E-state index is -2.88. The van der Waals surface area contributed by atoms with Gasteiger partial charge in [0.25, 0.3) is 0 Å². The molecule has 0 aliphatic carbocycles. The van der Waals surface area contributed by atoms with E-state index in [2.05, 4.69) is 26.0 Å². The number of hydrogen-bond acceptors (Lipinski definition) is 4. The fraction of sp³-hybridized carbons (Fsp3) is 0.455. The summed E-state index contributed by atoms with van der Waals surface area (Å²) in [6, 6.07) is 4.69. The Kier molecular flexibility index (Phi) is 6.48. The van der Waals surface area contributed by atoms with Crippen LogP contribution in [0.15, 0.2) is 22.7 Å². The van der Waals surface area contributed by atoms with E-state index in [4.69, 9.17) is 10.2 Å². The standard InChI is InChI=1S/C11H14BrF2NO3/c12-8-1-2-10(18-11(13)14)7(3-8)4-15-5-9(17)6-16/h1-3,9,11,15-17H,4-6H2. The van der Waals surface area contributed by atoms with E-state index in [1.165, 1.54) is 6.07 Å². The average Bonchev–Trinajstić information content (AvgIpc) is 2.31. The average molecular weight is 326 g/mol. The lowest BCUT2D eigenvalue weighted by molar-refractivity contribution is -0.0505. The van der Waals surface area contributed by atoms with Crippen molar-refractivity contribution in [2.75, 3.05) is 13.2 Å². The third kappa shape index (κ3) is 5.26. The van der Waals surface area contributed by atoms with Gasteiger partial charge in [-0.05, 0) is 18.2 Å². The normalized spacial score (nSPS) is 12.8. The second-order valence-corrected chi connectivity index (χ2v) is 4.51. The molecule has 102 valence electrons. The number of hydrogen-bond donors (Lipinski definition) is 3. The van der Waals surface area contributed by atoms with E-state index in [1.54, 1.807) is 12.1 Å². The van der Waals surface area contributed by atoms with Crippen LogP contribution in [0.25, 0.3) is 0 Å². The van der Waals surface area contributed by atoms with Crippen LogP contribution in [0.1, 0.15) is 5.56 Å². The van der Waals surface area contributed by atoms with Crippen LogP contribution in [-0.2, 0) is 6.54 Å². The van der Waals surface area contributed by atoms with Crippen LogP contribution >= 0.6 is 15.9 Å². The summed E-state index contributed by atoms with van der Waals surface area (Å²) in [5, 5.41) is 20.6. The highest BCUT2D eigenvalue weighted by molar-refractivity contribution is 9.10. The second kappa shape index (κ2) is 7.63. The van der Waals surface area contributed by atoms with E-state index < -0.39 is 12.7 Å². The maximum Gasteiger partial charge on any atom is 0.387 e. The third-order valence-corrected chi connectivity index (χ3v) is 2.64. The van der Waals surface area contributed by atoms with Gasteiger partial charge in [-0.1, -0.05) is 15.9 Å². The number of ether oxygens (including phenoxy) is 1. The van der Waals surface area contributed by atoms with Gasteiger partial charge in [-0.3, -0.25) is 0 Å². The topological polar surface area (TPSA) is 61.7 Å². The molecule has 18 heavy (non-hydrogen) atoms. The number of nitrogens with one attached hydrogen (secondary N) is 1. The van der Waals surface area contributed by atoms with Gasteiger partial charge in [0.2, 0.25) is 0 Å². The molecule has 0 spiro atoms. The van der Waals surface area contributed by atoms with E-state index in [0.717, 1.165) is 4.47 Å². The Morgan fingerprint density at radius 2 is 2.11 bits per heavy atom. The molecule has 1 atom stereocenters. The van der Waals surface area contributed by atoms with Crippen LogP contribution in [0.5, 0.6) is 5.75 Å². The number of halogens is 3. The van der Waals surface area contributed by atoms with Gasteiger partial charge < -0.3 is 20.3 Å². The summed E-state index contributed by atoms with van der Waals surface area (Å²) in [6.07, 6.45) is -0.878. The van der Waals surface area contributed by atoms with E-state index in [-0.39, 0.29) is 25.4 Å². The number of aliphatic hydroxyl groups is 2. The van der Waals surface area contributed by atoms with Gasteiger partial charge in [-0.2, -0.15) is 8.78 Å². The molecule has 0 aliphatic rings. The molecule has 0 saturated carbocycles. The van der Waals surface area contributed by atoms with Gasteiger partial charge in [0.05, 0.1) is 12.7 Å². The molecule has 1 aromatic rings. The molecule has 0 saturated heterocycles. The molecule has 7 heteroatoms. The quantitative estimate of drug-likeness (QED) is 0.711. The fourth-order valence-corrected chi connectivity index (χ4v) is 1.74. The van der Waals surface area contributed by atoms with Crippen molar-refractivity contribution in [3.05, 3.63) is 28.2 Å². The first-order valence-corrected chi connectivity index (χ1v) is 6.05. The first-order chi connectivity index (χ1) is 8.52. The second-order valence-electron chi connectivity index (χ2n) is 3.60. The van der Waals surface area contributed by atoms with Gasteiger partial charge in [0, 0.05) is 23.1 Å². The van der Waals surface area contributed by atoms with Crippen LogP contribution in [0, 0.1) is 0 Å². The Labute approximate surface area is 112 Å². The molecule has 1 aromatic carbocycles. The highest BCUT2D eigenvalue weighted by Crippen LogP contribution is 2.24. The van der Waals surface area contributed by atoms with E-state index in [1.807, 2.05) is 0 Å². The van der Waals surface area contributed by atoms with Gasteiger partial charge >= 0.3 is 6.61 Å². The monoisotopic (exact) mass is 325 g/mol. The summed E-state index contributed by atoms with van der Waals surface area (Å²) in [5.74, 6) is 0.0826. The molecular formula is C11H14BrF2NO3. The van der Waals surface area contributed by atoms with Crippen LogP contribution in [0.4, 0.5) is 8.78 Å². The molecule has 4 nitrogen and oxygen atoms in total. The van der Waals surface area contributed by atoms with E-state index in [9.17, 15) is 8.78 Å². The Bertz CT molecular complexity index is 379. The first kappa shape index (κ1) is 15.3. The molecular weight excluding hydrogens is 312 g/mol. The maximum atomic E-state index is 12.2. The smallest absolute Gasteiger partial charge is 0.387 e. The van der Waals surface area contributed by atoms with Crippen molar-refractivity contribution in [1.29, 1.82) is 0 Å². The number of benzene rings is 1. The molecule has 0 aliphatic heterocycles. The Hall–Kier alpha value is -0.760. The van der Waals surface area contributed by atoms with Crippen molar-refractivity contribution < 1.29 is 23.7 Å². The lowest BCUT2D eigenvalue weighted by Crippen LogP contribution is -2.29. The predicted molar refractivity (Wildman–Crippen MR) is 65.6 cm³/mol. The summed E-state index contributed by atoms with van der Waals surface area (Å²) >= 11 is 3.24. The zero-order chi connectivity index (χ0) is 13.5. The van der Waals surface area contributed by atoms with Crippen molar-refractivity contribution in [2.45, 2.75) is 19.3 Å². The highest BCUT2D eigenvalue weighted by atomic mass is 79.9. The molecule has 1 rings (SSSR count). The van der Waals surface area contributed by atoms with E-state index in [0.29, 0.717) is 5.56 Å². The zero-order valence-corrected chi connectivity index (χ0v) is 11.0. The first-order valence-electron chi connectivity index (χ1n) is 5.25. The van der Waals surface area contributed by atoms with E-state index >= 15 is 0 Å². The van der Waals surface area contributed by atoms with Crippen molar-refractivity contribution in [2.24, 2.45) is 0 Å². The van der Waals surface area contributed by atoms with Crippen LogP contribution in [-0.4, -0.2) is 36.1 Å². The lowest BCUT2D eigenvalue weighted by Gasteiger charge is -2.13. The van der Waals surface area contributed by atoms with Crippen LogP contribution < -0.4 is 10.1 Å². The lowest BCUT2D eigenvalue weighted by atomic mass is 10.2. The molecule has 0 fully saturated rings. The molecule has 3 N–H and O–H groups in total. The number of rotatable bonds is 7. The Morgan fingerprint density at radius 1 is 1.39 bits per heavy atom. The third-order valence-electron chi connectivity index (χ3n) is 2.14. The molecule has 0 radical (unpaired) electrons. The molecule has 0 bridgehead atoms. The van der Waals surface area contributed by atoms with Crippen LogP contribution in [0.2, 0.25) is 0 Å². The van der Waals surface area contributed by atoms with Gasteiger partial charge in [-0.25, -0.2) is 0 Å². The number of aliphatic hydroxyl groups excluding tert-OH is 2. The summed E-state index contributed by atoms with van der Waals surface area (Å²) < 4.78 is 29.5. The summed E-state index contributed by atoms with van der Waals surface area (Å²) in [6.45, 7) is -2.82. The fourth-order valence-electron chi connectivity index (χ4n) is 1.34. The summed E-state index contributed by atoms with van der Waals surface area (Å²) in [7, 11) is 0. The molecule has 0 aromatic heterocycles. The number of alkyl halides is 2.